The molecule has 0 saturated heterocycles. The van der Waals surface area contributed by atoms with Gasteiger partial charge in [0.15, 0.2) is 0 Å². The highest BCUT2D eigenvalue weighted by Gasteiger charge is 2.33. The van der Waals surface area contributed by atoms with Gasteiger partial charge in [0.2, 0.25) is 11.8 Å². The largest absolute Gasteiger partial charge is 0.354 e. The number of hydrogen-bond acceptors (Lipinski definition) is 4. The predicted molar refractivity (Wildman–Crippen MR) is 131 cm³/mol. The zero-order valence-corrected chi connectivity index (χ0v) is 20.9. The molecule has 2 amide bonds. The average molecular weight is 493 g/mol. The molecule has 0 spiro atoms. The third-order valence-electron chi connectivity index (χ3n) is 5.26. The number of para-hydroxylation sites is 1. The first-order valence-corrected chi connectivity index (χ1v) is 12.6. The van der Waals surface area contributed by atoms with Gasteiger partial charge in [-0.15, -0.1) is 0 Å². The Kier molecular flexibility index (Phi) is 10.0. The van der Waals surface area contributed by atoms with Crippen molar-refractivity contribution in [3.8, 4) is 0 Å². The number of hydrogen-bond donors (Lipinski definition) is 1. The first kappa shape index (κ1) is 27.3. The lowest BCUT2D eigenvalue weighted by Gasteiger charge is -2.33. The molecule has 2 aromatic carbocycles. The minimum Gasteiger partial charge on any atom is -0.354 e. The van der Waals surface area contributed by atoms with E-state index in [1.807, 2.05) is 6.92 Å². The Morgan fingerprint density at radius 3 is 2.15 bits per heavy atom. The Morgan fingerprint density at radius 1 is 1.00 bits per heavy atom. The molecule has 8 nitrogen and oxygen atoms in total. The number of rotatable bonds is 12. The molecule has 0 bridgehead atoms. The summed E-state index contributed by atoms with van der Waals surface area (Å²) >= 11 is 0. The van der Waals surface area contributed by atoms with Crippen molar-refractivity contribution in [3.05, 3.63) is 66.0 Å². The second-order valence-corrected chi connectivity index (χ2v) is 10.1. The van der Waals surface area contributed by atoms with E-state index in [0.29, 0.717) is 24.2 Å². The summed E-state index contributed by atoms with van der Waals surface area (Å²) in [5.41, 5.74) is 0.952. The van der Waals surface area contributed by atoms with Gasteiger partial charge in [0, 0.05) is 27.2 Å². The zero-order valence-electron chi connectivity index (χ0n) is 20.1. The quantitative estimate of drug-likeness (QED) is 0.493. The number of carbonyl (C=O) groups excluding carboxylic acids is 2. The minimum atomic E-state index is -4.00. The van der Waals surface area contributed by atoms with Gasteiger partial charge in [-0.3, -0.25) is 9.59 Å². The van der Waals surface area contributed by atoms with Gasteiger partial charge in [0.05, 0.1) is 5.69 Å². The molecule has 0 aliphatic carbocycles. The Bertz CT molecular complexity index is 1050. The minimum absolute atomic E-state index is 0.0296. The van der Waals surface area contributed by atoms with E-state index in [1.54, 1.807) is 37.3 Å². The Hall–Kier alpha value is -2.98. The summed E-state index contributed by atoms with van der Waals surface area (Å²) in [7, 11) is -1.22. The maximum atomic E-state index is 13.6. The maximum absolute atomic E-state index is 13.6. The molecule has 0 saturated carbocycles. The van der Waals surface area contributed by atoms with E-state index in [2.05, 4.69) is 5.32 Å². The zero-order chi connectivity index (χ0) is 25.3. The van der Waals surface area contributed by atoms with Crippen LogP contribution in [0.1, 0.15) is 32.3 Å². The lowest BCUT2D eigenvalue weighted by atomic mass is 10.1. The summed E-state index contributed by atoms with van der Waals surface area (Å²) < 4.78 is 41.6. The average Bonchev–Trinajstić information content (AvgIpc) is 2.82. The highest BCUT2D eigenvalue weighted by molar-refractivity contribution is 7.90. The van der Waals surface area contributed by atoms with Crippen LogP contribution >= 0.6 is 0 Å². The molecule has 1 atom stereocenters. The van der Waals surface area contributed by atoms with Gasteiger partial charge >= 0.3 is 10.2 Å². The van der Waals surface area contributed by atoms with E-state index in [-0.39, 0.29) is 12.5 Å². The normalized spacial score (nSPS) is 12.3. The number of nitrogens with one attached hydrogen (secondary N) is 1. The van der Waals surface area contributed by atoms with Gasteiger partial charge in [-0.1, -0.05) is 44.2 Å². The van der Waals surface area contributed by atoms with Crippen LogP contribution in [0.25, 0.3) is 0 Å². The Morgan fingerprint density at radius 2 is 1.62 bits per heavy atom. The van der Waals surface area contributed by atoms with E-state index in [1.165, 1.54) is 43.3 Å². The SMILES string of the molecule is CCCNC(=O)[C@H](CC)N(Cc1ccc(F)cc1)C(=O)CN(c1ccccc1)S(=O)(=O)N(C)C. The van der Waals surface area contributed by atoms with Crippen molar-refractivity contribution >= 4 is 27.7 Å². The predicted octanol–water partition coefficient (Wildman–Crippen LogP) is 2.77. The fourth-order valence-corrected chi connectivity index (χ4v) is 4.44. The molecule has 0 fully saturated rings. The molecular weight excluding hydrogens is 459 g/mol. The van der Waals surface area contributed by atoms with E-state index < -0.39 is 34.5 Å². The molecule has 2 rings (SSSR count). The van der Waals surface area contributed by atoms with Gasteiger partial charge in [0.25, 0.3) is 0 Å². The van der Waals surface area contributed by atoms with E-state index in [4.69, 9.17) is 0 Å². The lowest BCUT2D eigenvalue weighted by Crippen LogP contribution is -2.53. The van der Waals surface area contributed by atoms with Crippen molar-refractivity contribution in [2.24, 2.45) is 0 Å². The van der Waals surface area contributed by atoms with Crippen LogP contribution in [0.5, 0.6) is 0 Å². The molecule has 34 heavy (non-hydrogen) atoms. The molecule has 10 heteroatoms. The first-order chi connectivity index (χ1) is 16.1. The van der Waals surface area contributed by atoms with Gasteiger partial charge < -0.3 is 10.2 Å². The molecule has 0 aromatic heterocycles. The molecule has 0 heterocycles. The topological polar surface area (TPSA) is 90.0 Å². The number of nitrogens with zero attached hydrogens (tertiary/aromatic N) is 3. The summed E-state index contributed by atoms with van der Waals surface area (Å²) in [6.07, 6.45) is 1.06. The van der Waals surface area contributed by atoms with Crippen LogP contribution in [0, 0.1) is 5.82 Å². The highest BCUT2D eigenvalue weighted by atomic mass is 32.2. The molecule has 2 aromatic rings. The number of carbonyl (C=O) groups is 2. The van der Waals surface area contributed by atoms with Crippen molar-refractivity contribution in [2.45, 2.75) is 39.3 Å². The van der Waals surface area contributed by atoms with Crippen LogP contribution in [0.2, 0.25) is 0 Å². The summed E-state index contributed by atoms with van der Waals surface area (Å²) in [5.74, 6) is -1.28. The van der Waals surface area contributed by atoms with Crippen LogP contribution in [0.4, 0.5) is 10.1 Å². The standard InChI is InChI=1S/C24H33FN4O4S/c1-5-16-26-24(31)22(6-2)28(17-19-12-14-20(25)15-13-19)23(30)18-29(34(32,33)27(3)4)21-10-8-7-9-11-21/h7-15,22H,5-6,16-18H2,1-4H3,(H,26,31)/t22-/m0/s1. The highest BCUT2D eigenvalue weighted by Crippen LogP contribution is 2.21. The van der Waals surface area contributed by atoms with Crippen molar-refractivity contribution < 1.29 is 22.4 Å². The molecule has 1 N–H and O–H groups in total. The fourth-order valence-electron chi connectivity index (χ4n) is 3.38. The first-order valence-electron chi connectivity index (χ1n) is 11.2. The van der Waals surface area contributed by atoms with E-state index in [9.17, 15) is 22.4 Å². The van der Waals surface area contributed by atoms with Crippen LogP contribution in [0.3, 0.4) is 0 Å². The maximum Gasteiger partial charge on any atom is 0.304 e. The number of amides is 2. The Balaban J connectivity index is 2.44. The van der Waals surface area contributed by atoms with Crippen LogP contribution in [-0.4, -0.2) is 62.7 Å². The Labute approximate surface area is 201 Å². The second-order valence-electron chi connectivity index (χ2n) is 8.00. The van der Waals surface area contributed by atoms with E-state index in [0.717, 1.165) is 15.0 Å². The van der Waals surface area contributed by atoms with Crippen molar-refractivity contribution in [1.29, 1.82) is 0 Å². The number of anilines is 1. The summed E-state index contributed by atoms with van der Waals surface area (Å²) in [6.45, 7) is 3.70. The van der Waals surface area contributed by atoms with Crippen LogP contribution < -0.4 is 9.62 Å². The summed E-state index contributed by atoms with van der Waals surface area (Å²) in [5, 5.41) is 2.81. The summed E-state index contributed by atoms with van der Waals surface area (Å²) in [6, 6.07) is 13.1. The van der Waals surface area contributed by atoms with Gasteiger partial charge in [-0.25, -0.2) is 8.70 Å². The second kappa shape index (κ2) is 12.5. The third kappa shape index (κ3) is 7.01. The van der Waals surface area contributed by atoms with Gasteiger partial charge in [-0.05, 0) is 42.7 Å². The summed E-state index contributed by atoms with van der Waals surface area (Å²) in [4.78, 5) is 27.8. The molecule has 0 radical (unpaired) electrons. The van der Waals surface area contributed by atoms with Crippen molar-refractivity contribution in [2.75, 3.05) is 31.5 Å². The van der Waals surface area contributed by atoms with Crippen molar-refractivity contribution in [3.63, 3.8) is 0 Å². The smallest absolute Gasteiger partial charge is 0.304 e. The van der Waals surface area contributed by atoms with Gasteiger partial charge in [0.1, 0.15) is 18.4 Å². The third-order valence-corrected chi connectivity index (χ3v) is 7.08. The molecule has 0 aliphatic rings. The monoisotopic (exact) mass is 492 g/mol. The van der Waals surface area contributed by atoms with Crippen LogP contribution in [0.15, 0.2) is 54.6 Å². The number of halogens is 1. The van der Waals surface area contributed by atoms with E-state index >= 15 is 0 Å². The van der Waals surface area contributed by atoms with Gasteiger partial charge in [-0.2, -0.15) is 12.7 Å². The molecule has 0 unspecified atom stereocenters. The molecular formula is C24H33FN4O4S. The van der Waals surface area contributed by atoms with Crippen LogP contribution in [-0.2, 0) is 26.3 Å². The molecule has 0 aliphatic heterocycles. The lowest BCUT2D eigenvalue weighted by molar-refractivity contribution is -0.140. The number of benzene rings is 2. The molecule has 186 valence electrons. The fraction of sp³-hybridized carbons (Fsp3) is 0.417. The van der Waals surface area contributed by atoms with Crippen molar-refractivity contribution in [1.82, 2.24) is 14.5 Å².